The van der Waals surface area contributed by atoms with Gasteiger partial charge in [0.05, 0.1) is 0 Å². The fraction of sp³-hybridized carbons (Fsp3) is 0.500. The van der Waals surface area contributed by atoms with Gasteiger partial charge in [0, 0.05) is 12.2 Å². The Kier molecular flexibility index (Phi) is 6.21. The number of benzene rings is 1. The number of rotatable bonds is 6. The number of nitrogens with one attached hydrogen (secondary N) is 1. The Morgan fingerprint density at radius 1 is 1.19 bits per heavy atom. The molecule has 5 heteroatoms. The van der Waals surface area contributed by atoms with Crippen molar-refractivity contribution >= 4 is 17.7 Å². The Bertz CT molecular complexity index is 498. The number of hydrogen-bond donors (Lipinski definition) is 2. The van der Waals surface area contributed by atoms with E-state index in [1.165, 1.54) is 4.90 Å². The number of para-hydroxylation sites is 1. The van der Waals surface area contributed by atoms with Crippen LogP contribution in [0.3, 0.4) is 0 Å². The molecule has 1 aromatic carbocycles. The van der Waals surface area contributed by atoms with Crippen LogP contribution in [0.1, 0.15) is 39.2 Å². The van der Waals surface area contributed by atoms with Gasteiger partial charge in [-0.15, -0.1) is 0 Å². The molecular formula is C16H24N2O3. The zero-order valence-corrected chi connectivity index (χ0v) is 13.1. The topological polar surface area (TPSA) is 69.6 Å². The summed E-state index contributed by atoms with van der Waals surface area (Å²) in [6.07, 6.45) is 0. The number of carbonyl (C=O) groups excluding carboxylic acids is 1. The Morgan fingerprint density at radius 2 is 1.81 bits per heavy atom. The van der Waals surface area contributed by atoms with E-state index in [2.05, 4.69) is 5.32 Å². The van der Waals surface area contributed by atoms with Gasteiger partial charge in [0.25, 0.3) is 0 Å². The zero-order valence-electron chi connectivity index (χ0n) is 13.1. The van der Waals surface area contributed by atoms with Gasteiger partial charge in [0.2, 0.25) is 0 Å². The number of anilines is 1. The van der Waals surface area contributed by atoms with Gasteiger partial charge in [-0.3, -0.25) is 4.79 Å². The van der Waals surface area contributed by atoms with Gasteiger partial charge in [-0.2, -0.15) is 0 Å². The minimum Gasteiger partial charge on any atom is -0.480 e. The maximum absolute atomic E-state index is 12.3. The molecule has 0 aliphatic heterocycles. The van der Waals surface area contributed by atoms with Gasteiger partial charge in [-0.1, -0.05) is 45.9 Å². The van der Waals surface area contributed by atoms with Crippen LogP contribution in [0.15, 0.2) is 24.3 Å². The van der Waals surface area contributed by atoms with Crippen molar-refractivity contribution in [2.75, 3.05) is 18.4 Å². The molecule has 0 radical (unpaired) electrons. The smallest absolute Gasteiger partial charge is 0.323 e. The average molecular weight is 292 g/mol. The Hall–Kier alpha value is -2.04. The van der Waals surface area contributed by atoms with Crippen LogP contribution in [0, 0.1) is 5.92 Å². The van der Waals surface area contributed by atoms with Crippen LogP contribution in [-0.4, -0.2) is 35.1 Å². The second kappa shape index (κ2) is 7.67. The Labute approximate surface area is 126 Å². The van der Waals surface area contributed by atoms with Crippen molar-refractivity contribution in [2.24, 2.45) is 5.92 Å². The molecule has 0 aliphatic carbocycles. The summed E-state index contributed by atoms with van der Waals surface area (Å²) in [6.45, 7) is 8.10. The van der Waals surface area contributed by atoms with Gasteiger partial charge in [-0.25, -0.2) is 4.79 Å². The van der Waals surface area contributed by atoms with Crippen molar-refractivity contribution in [3.63, 3.8) is 0 Å². The minimum atomic E-state index is -1.01. The molecule has 0 aliphatic rings. The van der Waals surface area contributed by atoms with Crippen molar-refractivity contribution in [1.82, 2.24) is 4.90 Å². The first-order valence-corrected chi connectivity index (χ1v) is 7.18. The number of amides is 2. The molecule has 21 heavy (non-hydrogen) atoms. The van der Waals surface area contributed by atoms with Crippen molar-refractivity contribution in [3.8, 4) is 0 Å². The van der Waals surface area contributed by atoms with Crippen molar-refractivity contribution in [2.45, 2.75) is 33.6 Å². The normalized spacial score (nSPS) is 10.8. The first-order valence-electron chi connectivity index (χ1n) is 7.18. The van der Waals surface area contributed by atoms with E-state index in [9.17, 15) is 9.59 Å². The van der Waals surface area contributed by atoms with Crippen molar-refractivity contribution in [3.05, 3.63) is 29.8 Å². The fourth-order valence-corrected chi connectivity index (χ4v) is 2.13. The van der Waals surface area contributed by atoms with Gasteiger partial charge in [0.15, 0.2) is 0 Å². The summed E-state index contributed by atoms with van der Waals surface area (Å²) in [5.41, 5.74) is 1.77. The second-order valence-corrected chi connectivity index (χ2v) is 5.84. The quantitative estimate of drug-likeness (QED) is 0.844. The summed E-state index contributed by atoms with van der Waals surface area (Å²) in [5.74, 6) is -0.530. The zero-order chi connectivity index (χ0) is 16.0. The number of urea groups is 1. The van der Waals surface area contributed by atoms with Gasteiger partial charge in [0.1, 0.15) is 6.54 Å². The molecule has 0 fully saturated rings. The molecule has 0 bridgehead atoms. The van der Waals surface area contributed by atoms with Crippen LogP contribution < -0.4 is 5.32 Å². The van der Waals surface area contributed by atoms with Gasteiger partial charge in [-0.05, 0) is 23.5 Å². The maximum Gasteiger partial charge on any atom is 0.323 e. The standard InChI is InChI=1S/C16H24N2O3/c1-11(2)9-18(10-15(19)20)16(21)17-14-8-6-5-7-13(14)12(3)4/h5-8,11-12H,9-10H2,1-4H3,(H,17,21)(H,19,20). The molecule has 1 aromatic rings. The molecule has 2 amide bonds. The summed E-state index contributed by atoms with van der Waals surface area (Å²) >= 11 is 0. The first kappa shape index (κ1) is 17.0. The highest BCUT2D eigenvalue weighted by Crippen LogP contribution is 2.24. The number of carbonyl (C=O) groups is 2. The van der Waals surface area contributed by atoms with Crippen LogP contribution in [-0.2, 0) is 4.79 Å². The summed E-state index contributed by atoms with van der Waals surface area (Å²) in [7, 11) is 0. The third kappa shape index (κ3) is 5.45. The molecule has 0 unspecified atom stereocenters. The van der Waals surface area contributed by atoms with Gasteiger partial charge < -0.3 is 15.3 Å². The highest BCUT2D eigenvalue weighted by atomic mass is 16.4. The molecule has 1 rings (SSSR count). The minimum absolute atomic E-state index is 0.204. The lowest BCUT2D eigenvalue weighted by atomic mass is 10.0. The lowest BCUT2D eigenvalue weighted by Crippen LogP contribution is -2.41. The Morgan fingerprint density at radius 3 is 2.33 bits per heavy atom. The molecule has 0 saturated heterocycles. The molecule has 0 atom stereocenters. The summed E-state index contributed by atoms with van der Waals surface area (Å²) < 4.78 is 0. The van der Waals surface area contributed by atoms with Crippen LogP contribution in [0.2, 0.25) is 0 Å². The van der Waals surface area contributed by atoms with Crippen LogP contribution >= 0.6 is 0 Å². The lowest BCUT2D eigenvalue weighted by Gasteiger charge is -2.24. The summed E-state index contributed by atoms with van der Waals surface area (Å²) in [6, 6.07) is 7.20. The number of hydrogen-bond acceptors (Lipinski definition) is 2. The molecule has 0 heterocycles. The first-order chi connectivity index (χ1) is 9.81. The van der Waals surface area contributed by atoms with Crippen LogP contribution in [0.5, 0.6) is 0 Å². The summed E-state index contributed by atoms with van der Waals surface area (Å²) in [4.78, 5) is 24.5. The van der Waals surface area contributed by atoms with Crippen molar-refractivity contribution < 1.29 is 14.7 Å². The predicted octanol–water partition coefficient (Wildman–Crippen LogP) is 3.38. The molecule has 0 saturated carbocycles. The van der Waals surface area contributed by atoms with Crippen molar-refractivity contribution in [1.29, 1.82) is 0 Å². The fourth-order valence-electron chi connectivity index (χ4n) is 2.13. The second-order valence-electron chi connectivity index (χ2n) is 5.84. The number of carboxylic acids is 1. The summed E-state index contributed by atoms with van der Waals surface area (Å²) in [5, 5.41) is 11.8. The van der Waals surface area contributed by atoms with E-state index in [-0.39, 0.29) is 24.4 Å². The SMILES string of the molecule is CC(C)CN(CC(=O)O)C(=O)Nc1ccccc1C(C)C. The van der Waals surface area contributed by atoms with E-state index in [0.717, 1.165) is 11.3 Å². The van der Waals surface area contributed by atoms with E-state index in [1.54, 1.807) is 0 Å². The van der Waals surface area contributed by atoms with E-state index >= 15 is 0 Å². The lowest BCUT2D eigenvalue weighted by molar-refractivity contribution is -0.137. The average Bonchev–Trinajstić information content (AvgIpc) is 2.37. The van der Waals surface area contributed by atoms with Crippen LogP contribution in [0.25, 0.3) is 0 Å². The molecular weight excluding hydrogens is 268 g/mol. The Balaban J connectivity index is 2.88. The van der Waals surface area contributed by atoms with Crippen LogP contribution in [0.4, 0.5) is 10.5 Å². The molecule has 2 N–H and O–H groups in total. The monoisotopic (exact) mass is 292 g/mol. The third-order valence-electron chi connectivity index (χ3n) is 3.02. The number of aliphatic carboxylic acids is 1. The van der Waals surface area contributed by atoms with E-state index in [4.69, 9.17) is 5.11 Å². The van der Waals surface area contributed by atoms with E-state index in [1.807, 2.05) is 52.0 Å². The van der Waals surface area contributed by atoms with E-state index in [0.29, 0.717) is 6.54 Å². The third-order valence-corrected chi connectivity index (χ3v) is 3.02. The highest BCUT2D eigenvalue weighted by Gasteiger charge is 2.19. The molecule has 116 valence electrons. The molecule has 5 nitrogen and oxygen atoms in total. The van der Waals surface area contributed by atoms with E-state index < -0.39 is 5.97 Å². The van der Waals surface area contributed by atoms with Gasteiger partial charge >= 0.3 is 12.0 Å². The number of nitrogens with zero attached hydrogens (tertiary/aromatic N) is 1. The largest absolute Gasteiger partial charge is 0.480 e. The highest BCUT2D eigenvalue weighted by molar-refractivity contribution is 5.92. The molecule has 0 aromatic heterocycles. The maximum atomic E-state index is 12.3. The number of carboxylic acid groups (broad SMARTS) is 1. The molecule has 0 spiro atoms. The predicted molar refractivity (Wildman–Crippen MR) is 83.6 cm³/mol.